The molecule has 156 valence electrons. The van der Waals surface area contributed by atoms with Crippen molar-refractivity contribution in [3.05, 3.63) is 92.6 Å². The van der Waals surface area contributed by atoms with Crippen LogP contribution in [0.4, 0.5) is 15.8 Å². The number of anilines is 2. The first kappa shape index (κ1) is 21.7. The highest BCUT2D eigenvalue weighted by molar-refractivity contribution is 9.10. The fourth-order valence-electron chi connectivity index (χ4n) is 2.71. The molecule has 2 aromatic carbocycles. The molecule has 0 aliphatic heterocycles. The number of aromatic nitrogens is 1. The Morgan fingerprint density at radius 1 is 1.13 bits per heavy atom. The Bertz CT molecular complexity index is 1090. The molecule has 7 nitrogen and oxygen atoms in total. The molecule has 1 aromatic heterocycles. The number of pyridine rings is 1. The van der Waals surface area contributed by atoms with Gasteiger partial charge >= 0.3 is 0 Å². The second-order valence-corrected chi connectivity index (χ2v) is 7.22. The predicted molar refractivity (Wildman–Crippen MR) is 114 cm³/mol. The minimum atomic E-state index is -0.648. The molecular formula is C21H19BrFN3O4. The molecule has 0 bridgehead atoms. The fourth-order valence-corrected chi connectivity index (χ4v) is 3.05. The molecule has 0 atom stereocenters. The van der Waals surface area contributed by atoms with E-state index in [1.807, 2.05) is 30.3 Å². The van der Waals surface area contributed by atoms with Crippen LogP contribution in [-0.4, -0.2) is 28.8 Å². The normalized spacial score (nSPS) is 10.6. The summed E-state index contributed by atoms with van der Waals surface area (Å²) in [5, 5.41) is 11.6. The molecule has 0 saturated heterocycles. The van der Waals surface area contributed by atoms with E-state index in [4.69, 9.17) is 9.94 Å². The Labute approximate surface area is 180 Å². The van der Waals surface area contributed by atoms with E-state index in [2.05, 4.69) is 26.7 Å². The summed E-state index contributed by atoms with van der Waals surface area (Å²) in [7, 11) is 0. The highest BCUT2D eigenvalue weighted by atomic mass is 79.9. The third-order valence-corrected chi connectivity index (χ3v) is 4.62. The van der Waals surface area contributed by atoms with Gasteiger partial charge in [0.2, 0.25) is 0 Å². The largest absolute Gasteiger partial charge is 0.394 e. The van der Waals surface area contributed by atoms with Gasteiger partial charge in [-0.25, -0.2) is 9.87 Å². The van der Waals surface area contributed by atoms with E-state index in [9.17, 15) is 14.0 Å². The van der Waals surface area contributed by atoms with Crippen molar-refractivity contribution < 1.29 is 19.1 Å². The quantitative estimate of drug-likeness (QED) is 0.343. The zero-order valence-electron chi connectivity index (χ0n) is 15.8. The summed E-state index contributed by atoms with van der Waals surface area (Å²) in [6, 6.07) is 14.9. The third kappa shape index (κ3) is 5.53. The molecule has 0 saturated carbocycles. The minimum absolute atomic E-state index is 0.0748. The topological polar surface area (TPSA) is 92.6 Å². The molecule has 1 amide bonds. The number of benzene rings is 2. The number of hydrogen-bond donors (Lipinski definition) is 3. The first-order chi connectivity index (χ1) is 14.5. The molecule has 1 heterocycles. The fraction of sp³-hybridized carbons (Fsp3) is 0.143. The van der Waals surface area contributed by atoms with Crippen molar-refractivity contribution in [3.8, 4) is 0 Å². The van der Waals surface area contributed by atoms with E-state index in [1.54, 1.807) is 6.07 Å². The van der Waals surface area contributed by atoms with Crippen molar-refractivity contribution in [1.82, 2.24) is 10.0 Å². The van der Waals surface area contributed by atoms with Crippen molar-refractivity contribution in [3.63, 3.8) is 0 Å². The number of aliphatic hydroxyl groups is 1. The number of nitrogens with zero attached hydrogens (tertiary/aromatic N) is 1. The smallest absolute Gasteiger partial charge is 0.278 e. The van der Waals surface area contributed by atoms with Gasteiger partial charge in [-0.1, -0.05) is 46.3 Å². The van der Waals surface area contributed by atoms with Gasteiger partial charge in [-0.2, -0.15) is 0 Å². The maximum absolute atomic E-state index is 14.3. The van der Waals surface area contributed by atoms with Crippen molar-refractivity contribution >= 4 is 33.2 Å². The van der Waals surface area contributed by atoms with Gasteiger partial charge in [0.15, 0.2) is 0 Å². The van der Waals surface area contributed by atoms with Crippen LogP contribution in [0, 0.1) is 5.82 Å². The van der Waals surface area contributed by atoms with Crippen LogP contribution in [0.2, 0.25) is 0 Å². The summed E-state index contributed by atoms with van der Waals surface area (Å²) in [4.78, 5) is 30.1. The molecule has 3 N–H and O–H groups in total. The first-order valence-electron chi connectivity index (χ1n) is 9.01. The lowest BCUT2D eigenvalue weighted by atomic mass is 10.1. The van der Waals surface area contributed by atoms with Crippen LogP contribution in [0.3, 0.4) is 0 Å². The molecule has 0 aliphatic carbocycles. The molecule has 0 radical (unpaired) electrons. The van der Waals surface area contributed by atoms with Crippen LogP contribution in [0.25, 0.3) is 0 Å². The minimum Gasteiger partial charge on any atom is -0.394 e. The van der Waals surface area contributed by atoms with E-state index in [0.29, 0.717) is 4.47 Å². The van der Waals surface area contributed by atoms with E-state index in [-0.39, 0.29) is 42.3 Å². The second-order valence-electron chi connectivity index (χ2n) is 6.30. The lowest BCUT2D eigenvalue weighted by molar-refractivity contribution is 0.0168. The zero-order chi connectivity index (χ0) is 21.5. The van der Waals surface area contributed by atoms with E-state index in [0.717, 1.165) is 5.56 Å². The Balaban J connectivity index is 1.98. The van der Waals surface area contributed by atoms with E-state index >= 15 is 0 Å². The van der Waals surface area contributed by atoms with E-state index < -0.39 is 11.7 Å². The first-order valence-corrected chi connectivity index (χ1v) is 9.80. The summed E-state index contributed by atoms with van der Waals surface area (Å²) in [6.45, 7) is -0.118. The van der Waals surface area contributed by atoms with Gasteiger partial charge in [-0.15, -0.1) is 0 Å². The number of aliphatic hydroxyl groups excluding tert-OH is 1. The summed E-state index contributed by atoms with van der Waals surface area (Å²) >= 11 is 3.19. The maximum Gasteiger partial charge on any atom is 0.278 e. The van der Waals surface area contributed by atoms with Gasteiger partial charge in [0, 0.05) is 16.7 Å². The summed E-state index contributed by atoms with van der Waals surface area (Å²) in [6.07, 6.45) is 1.38. The van der Waals surface area contributed by atoms with Crippen LogP contribution >= 0.6 is 15.9 Å². The van der Waals surface area contributed by atoms with Crippen LogP contribution in [-0.2, 0) is 11.4 Å². The number of carbonyl (C=O) groups is 1. The molecule has 3 aromatic rings. The molecule has 0 fully saturated rings. The number of halogens is 2. The second kappa shape index (κ2) is 10.1. The van der Waals surface area contributed by atoms with E-state index in [1.165, 1.54) is 29.0 Å². The van der Waals surface area contributed by atoms with Crippen molar-refractivity contribution in [2.24, 2.45) is 0 Å². The van der Waals surface area contributed by atoms with Gasteiger partial charge in [0.25, 0.3) is 11.5 Å². The summed E-state index contributed by atoms with van der Waals surface area (Å²) in [5.74, 6) is -1.20. The van der Waals surface area contributed by atoms with Gasteiger partial charge in [-0.05, 0) is 23.8 Å². The third-order valence-electron chi connectivity index (χ3n) is 4.13. The zero-order valence-corrected chi connectivity index (χ0v) is 17.4. The van der Waals surface area contributed by atoms with Gasteiger partial charge in [-0.3, -0.25) is 14.4 Å². The van der Waals surface area contributed by atoms with Crippen molar-refractivity contribution in [2.75, 3.05) is 18.5 Å². The lowest BCUT2D eigenvalue weighted by Gasteiger charge is -2.15. The average Bonchev–Trinajstić information content (AvgIpc) is 2.73. The van der Waals surface area contributed by atoms with Crippen molar-refractivity contribution in [2.45, 2.75) is 6.54 Å². The standard InChI is InChI=1S/C21H19BrFN3O4/c22-15-6-7-18(17(23)10-15)24-19-11-20(28)26(12-14-4-2-1-3-5-14)13-16(19)21(29)25-30-9-8-27/h1-7,10-11,13,24,27H,8-9,12H2,(H,25,29). The number of hydrogen-bond acceptors (Lipinski definition) is 5. The molecular weight excluding hydrogens is 457 g/mol. The molecule has 3 rings (SSSR count). The number of nitrogens with one attached hydrogen (secondary N) is 2. The maximum atomic E-state index is 14.3. The van der Waals surface area contributed by atoms with Crippen LogP contribution in [0.5, 0.6) is 0 Å². The number of rotatable bonds is 8. The van der Waals surface area contributed by atoms with Gasteiger partial charge in [0.1, 0.15) is 5.82 Å². The molecule has 0 aliphatic rings. The predicted octanol–water partition coefficient (Wildman–Crippen LogP) is 3.20. The SMILES string of the molecule is O=C(NOCCO)c1cn(Cc2ccccc2)c(=O)cc1Nc1ccc(Br)cc1F. The number of carbonyl (C=O) groups excluding carboxylic acids is 1. The van der Waals surface area contributed by atoms with Crippen molar-refractivity contribution in [1.29, 1.82) is 0 Å². The lowest BCUT2D eigenvalue weighted by Crippen LogP contribution is -2.29. The number of hydroxylamine groups is 1. The Kier molecular flexibility index (Phi) is 7.34. The van der Waals surface area contributed by atoms with Crippen LogP contribution in [0.15, 0.2) is 70.1 Å². The Hall–Kier alpha value is -3.01. The van der Waals surface area contributed by atoms with Gasteiger partial charge < -0.3 is 15.0 Å². The highest BCUT2D eigenvalue weighted by Crippen LogP contribution is 2.25. The molecule has 30 heavy (non-hydrogen) atoms. The van der Waals surface area contributed by atoms with Gasteiger partial charge in [0.05, 0.1) is 36.7 Å². The van der Waals surface area contributed by atoms with Crippen LogP contribution in [0.1, 0.15) is 15.9 Å². The van der Waals surface area contributed by atoms with Crippen LogP contribution < -0.4 is 16.4 Å². The number of amides is 1. The Morgan fingerprint density at radius 3 is 2.60 bits per heavy atom. The Morgan fingerprint density at radius 2 is 1.90 bits per heavy atom. The highest BCUT2D eigenvalue weighted by Gasteiger charge is 2.16. The monoisotopic (exact) mass is 475 g/mol. The summed E-state index contributed by atoms with van der Waals surface area (Å²) in [5.41, 5.74) is 3.01. The molecule has 9 heteroatoms. The molecule has 0 unspecified atom stereocenters. The summed E-state index contributed by atoms with van der Waals surface area (Å²) < 4.78 is 16.2. The molecule has 0 spiro atoms. The average molecular weight is 476 g/mol.